The van der Waals surface area contributed by atoms with Crippen molar-refractivity contribution in [1.29, 1.82) is 0 Å². The maximum atomic E-state index is 9.98. The van der Waals surface area contributed by atoms with Crippen LogP contribution in [0.15, 0.2) is 29.3 Å². The minimum atomic E-state index is -0.606. The van der Waals surface area contributed by atoms with Crippen LogP contribution in [-0.4, -0.2) is 24.2 Å². The minimum Gasteiger partial charge on any atom is -0.386 e. The Kier molecular flexibility index (Phi) is 6.36. The fourth-order valence-electron chi connectivity index (χ4n) is 1.62. The first-order valence-corrected chi connectivity index (χ1v) is 6.77. The molecule has 1 aromatic carbocycles. The number of aliphatic hydroxyl groups is 1. The third-order valence-corrected chi connectivity index (χ3v) is 2.92. The number of benzene rings is 1. The van der Waals surface area contributed by atoms with Crippen LogP contribution in [0.4, 0.5) is 0 Å². The van der Waals surface area contributed by atoms with Gasteiger partial charge in [-0.1, -0.05) is 43.7 Å². The molecule has 4 heteroatoms. The molecule has 106 valence electrons. The van der Waals surface area contributed by atoms with Crippen LogP contribution in [0.25, 0.3) is 0 Å². The van der Waals surface area contributed by atoms with E-state index >= 15 is 0 Å². The largest absolute Gasteiger partial charge is 0.386 e. The van der Waals surface area contributed by atoms with E-state index in [1.54, 1.807) is 0 Å². The second kappa shape index (κ2) is 7.79. The Hall–Kier alpha value is -1.55. The van der Waals surface area contributed by atoms with Crippen molar-refractivity contribution >= 4 is 5.96 Å². The molecular weight excluding hydrogens is 238 g/mol. The third kappa shape index (κ3) is 6.25. The molecule has 0 bridgehead atoms. The van der Waals surface area contributed by atoms with E-state index in [0.29, 0.717) is 11.9 Å². The van der Waals surface area contributed by atoms with Crippen LogP contribution in [-0.2, 0) is 0 Å². The SMILES string of the molecule is Cc1ccc(C(O)CN=C(N)NCCC(C)C)cc1. The predicted molar refractivity (Wildman–Crippen MR) is 80.1 cm³/mol. The topological polar surface area (TPSA) is 70.6 Å². The Balaban J connectivity index is 2.39. The van der Waals surface area contributed by atoms with Crippen LogP contribution in [0.2, 0.25) is 0 Å². The highest BCUT2D eigenvalue weighted by Crippen LogP contribution is 2.13. The molecule has 0 fully saturated rings. The van der Waals surface area contributed by atoms with Crippen molar-refractivity contribution in [3.8, 4) is 0 Å². The van der Waals surface area contributed by atoms with Gasteiger partial charge in [-0.2, -0.15) is 0 Å². The van der Waals surface area contributed by atoms with Crippen molar-refractivity contribution in [1.82, 2.24) is 5.32 Å². The molecule has 0 saturated heterocycles. The summed E-state index contributed by atoms with van der Waals surface area (Å²) in [6.45, 7) is 7.44. The number of aryl methyl sites for hydroxylation is 1. The summed E-state index contributed by atoms with van der Waals surface area (Å²) in [6, 6.07) is 7.79. The van der Waals surface area contributed by atoms with Crippen molar-refractivity contribution < 1.29 is 5.11 Å². The van der Waals surface area contributed by atoms with Gasteiger partial charge in [-0.15, -0.1) is 0 Å². The number of nitrogens with one attached hydrogen (secondary N) is 1. The lowest BCUT2D eigenvalue weighted by atomic mass is 10.1. The van der Waals surface area contributed by atoms with Crippen molar-refractivity contribution in [2.45, 2.75) is 33.3 Å². The fraction of sp³-hybridized carbons (Fsp3) is 0.533. The standard InChI is InChI=1S/C15H25N3O/c1-11(2)8-9-17-15(16)18-10-14(19)13-6-4-12(3)5-7-13/h4-7,11,14,19H,8-10H2,1-3H3,(H3,16,17,18). The summed E-state index contributed by atoms with van der Waals surface area (Å²) < 4.78 is 0. The van der Waals surface area contributed by atoms with Crippen molar-refractivity contribution in [3.63, 3.8) is 0 Å². The summed E-state index contributed by atoms with van der Waals surface area (Å²) in [7, 11) is 0. The lowest BCUT2D eigenvalue weighted by Crippen LogP contribution is -2.33. The zero-order valence-electron chi connectivity index (χ0n) is 12.1. The lowest BCUT2D eigenvalue weighted by molar-refractivity contribution is 0.187. The Labute approximate surface area is 115 Å². The predicted octanol–water partition coefficient (Wildman–Crippen LogP) is 1.98. The van der Waals surface area contributed by atoms with Crippen LogP contribution in [0.3, 0.4) is 0 Å². The first-order chi connectivity index (χ1) is 8.99. The lowest BCUT2D eigenvalue weighted by Gasteiger charge is -2.10. The number of aliphatic hydroxyl groups excluding tert-OH is 1. The van der Waals surface area contributed by atoms with Crippen LogP contribution < -0.4 is 11.1 Å². The van der Waals surface area contributed by atoms with E-state index in [-0.39, 0.29) is 6.54 Å². The minimum absolute atomic E-state index is 0.281. The van der Waals surface area contributed by atoms with E-state index in [9.17, 15) is 5.11 Å². The molecule has 0 saturated carbocycles. The number of hydrogen-bond donors (Lipinski definition) is 3. The third-order valence-electron chi connectivity index (χ3n) is 2.92. The van der Waals surface area contributed by atoms with Crippen LogP contribution in [0, 0.1) is 12.8 Å². The number of nitrogens with two attached hydrogens (primary N) is 1. The van der Waals surface area contributed by atoms with Gasteiger partial charge in [-0.3, -0.25) is 4.99 Å². The molecule has 0 aliphatic rings. The smallest absolute Gasteiger partial charge is 0.188 e. The second-order valence-electron chi connectivity index (χ2n) is 5.26. The summed E-state index contributed by atoms with van der Waals surface area (Å²) >= 11 is 0. The van der Waals surface area contributed by atoms with Gasteiger partial charge in [0.2, 0.25) is 0 Å². The van der Waals surface area contributed by atoms with Gasteiger partial charge >= 0.3 is 0 Å². The molecule has 4 nitrogen and oxygen atoms in total. The molecule has 1 aromatic rings. The molecule has 19 heavy (non-hydrogen) atoms. The number of rotatable bonds is 6. The summed E-state index contributed by atoms with van der Waals surface area (Å²) in [5.41, 5.74) is 7.78. The van der Waals surface area contributed by atoms with Gasteiger partial charge in [0, 0.05) is 6.54 Å². The number of hydrogen-bond acceptors (Lipinski definition) is 2. The van der Waals surface area contributed by atoms with Gasteiger partial charge in [0.05, 0.1) is 12.6 Å². The quantitative estimate of drug-likeness (QED) is 0.543. The first kappa shape index (κ1) is 15.5. The molecule has 0 aromatic heterocycles. The molecular formula is C15H25N3O. The van der Waals surface area contributed by atoms with Gasteiger partial charge in [0.1, 0.15) is 0 Å². The second-order valence-corrected chi connectivity index (χ2v) is 5.26. The van der Waals surface area contributed by atoms with E-state index < -0.39 is 6.10 Å². The fourth-order valence-corrected chi connectivity index (χ4v) is 1.62. The van der Waals surface area contributed by atoms with E-state index in [0.717, 1.165) is 18.5 Å². The Bertz CT molecular complexity index is 398. The highest BCUT2D eigenvalue weighted by molar-refractivity contribution is 5.77. The summed E-state index contributed by atoms with van der Waals surface area (Å²) in [5.74, 6) is 1.03. The Morgan fingerprint density at radius 2 is 1.95 bits per heavy atom. The molecule has 0 aliphatic carbocycles. The molecule has 0 spiro atoms. The summed E-state index contributed by atoms with van der Waals surface area (Å²) in [4.78, 5) is 4.15. The monoisotopic (exact) mass is 263 g/mol. The summed E-state index contributed by atoms with van der Waals surface area (Å²) in [5, 5.41) is 13.0. The Morgan fingerprint density at radius 3 is 2.53 bits per heavy atom. The molecule has 0 aliphatic heterocycles. The van der Waals surface area contributed by atoms with Crippen LogP contribution in [0.5, 0.6) is 0 Å². The van der Waals surface area contributed by atoms with Gasteiger partial charge < -0.3 is 16.2 Å². The molecule has 0 heterocycles. The van der Waals surface area contributed by atoms with E-state index in [1.807, 2.05) is 31.2 Å². The molecule has 0 amide bonds. The zero-order chi connectivity index (χ0) is 14.3. The number of nitrogens with zero attached hydrogens (tertiary/aromatic N) is 1. The zero-order valence-corrected chi connectivity index (χ0v) is 12.1. The highest BCUT2D eigenvalue weighted by atomic mass is 16.3. The first-order valence-electron chi connectivity index (χ1n) is 6.77. The van der Waals surface area contributed by atoms with Gasteiger partial charge in [-0.05, 0) is 24.8 Å². The van der Waals surface area contributed by atoms with Crippen LogP contribution >= 0.6 is 0 Å². The van der Waals surface area contributed by atoms with Crippen molar-refractivity contribution in [2.24, 2.45) is 16.6 Å². The van der Waals surface area contributed by atoms with Crippen LogP contribution in [0.1, 0.15) is 37.5 Å². The molecule has 1 rings (SSSR count). The number of guanidine groups is 1. The Morgan fingerprint density at radius 1 is 1.32 bits per heavy atom. The number of aliphatic imine (C=N–C) groups is 1. The molecule has 1 atom stereocenters. The average molecular weight is 263 g/mol. The van der Waals surface area contributed by atoms with Gasteiger partial charge in [0.25, 0.3) is 0 Å². The normalized spacial score (nSPS) is 13.6. The highest BCUT2D eigenvalue weighted by Gasteiger charge is 2.06. The molecule has 1 unspecified atom stereocenters. The van der Waals surface area contributed by atoms with E-state index in [1.165, 1.54) is 5.56 Å². The maximum absolute atomic E-state index is 9.98. The van der Waals surface area contributed by atoms with E-state index in [2.05, 4.69) is 24.2 Å². The van der Waals surface area contributed by atoms with Crippen molar-refractivity contribution in [2.75, 3.05) is 13.1 Å². The van der Waals surface area contributed by atoms with Crippen molar-refractivity contribution in [3.05, 3.63) is 35.4 Å². The van der Waals surface area contributed by atoms with E-state index in [4.69, 9.17) is 5.73 Å². The molecule has 4 N–H and O–H groups in total. The maximum Gasteiger partial charge on any atom is 0.188 e. The average Bonchev–Trinajstić information content (AvgIpc) is 2.36. The summed E-state index contributed by atoms with van der Waals surface area (Å²) in [6.07, 6.45) is 0.447. The van der Waals surface area contributed by atoms with Gasteiger partial charge in [0.15, 0.2) is 5.96 Å². The van der Waals surface area contributed by atoms with Gasteiger partial charge in [-0.25, -0.2) is 0 Å². The molecule has 0 radical (unpaired) electrons.